The topological polar surface area (TPSA) is 221 Å². The maximum atomic E-state index is 12.0. The van der Waals surface area contributed by atoms with Crippen molar-refractivity contribution >= 4 is 46.2 Å². The van der Waals surface area contributed by atoms with Crippen LogP contribution in [0.3, 0.4) is 0 Å². The molecule has 13 nitrogen and oxygen atoms in total. The normalized spacial score (nSPS) is 12.9. The summed E-state index contributed by atoms with van der Waals surface area (Å²) in [5.41, 5.74) is 0.920. The summed E-state index contributed by atoms with van der Waals surface area (Å²) in [6.07, 6.45) is 0. The van der Waals surface area contributed by atoms with Crippen LogP contribution in [0, 0.1) is 6.92 Å². The van der Waals surface area contributed by atoms with E-state index in [-0.39, 0.29) is 24.2 Å². The van der Waals surface area contributed by atoms with Crippen LogP contribution in [0.4, 0.5) is 5.69 Å². The minimum Gasteiger partial charge on any atom is -0.363 e. The third-order valence-corrected chi connectivity index (χ3v) is 8.92. The van der Waals surface area contributed by atoms with Gasteiger partial charge in [0, 0.05) is 18.8 Å². The fraction of sp³-hybridized carbons (Fsp3) is 0.143. The Morgan fingerprint density at radius 3 is 1.24 bits per heavy atom. The monoisotopic (exact) mass is 607 g/mol. The smallest absolute Gasteiger partial charge is 0.294 e. The van der Waals surface area contributed by atoms with E-state index in [9.17, 15) is 51.9 Å². The Labute approximate surface area is 219 Å². The van der Waals surface area contributed by atoms with Crippen molar-refractivity contribution in [3.8, 4) is 0 Å². The molecule has 0 aliphatic rings. The molecule has 3 aromatic carbocycles. The molecule has 4 N–H and O–H groups in total. The first-order chi connectivity index (χ1) is 17.3. The second kappa shape index (κ2) is 10.3. The highest BCUT2D eigenvalue weighted by Crippen LogP contribution is 2.29. The number of aryl methyl sites for hydroxylation is 1. The van der Waals surface area contributed by atoms with Gasteiger partial charge in [0.2, 0.25) is 0 Å². The quantitative estimate of drug-likeness (QED) is 0.257. The van der Waals surface area contributed by atoms with Gasteiger partial charge in [-0.2, -0.15) is 33.7 Å². The van der Waals surface area contributed by atoms with Crippen molar-refractivity contribution in [2.45, 2.75) is 39.6 Å². The molecular weight excluding hydrogens is 586 g/mol. The van der Waals surface area contributed by atoms with Gasteiger partial charge in [0.1, 0.15) is 9.79 Å². The molecule has 0 radical (unpaired) electrons. The van der Waals surface area contributed by atoms with Crippen molar-refractivity contribution in [3.05, 3.63) is 77.4 Å². The molecule has 0 unspecified atom stereocenters. The van der Waals surface area contributed by atoms with Crippen LogP contribution < -0.4 is 4.90 Å². The summed E-state index contributed by atoms with van der Waals surface area (Å²) in [5, 5.41) is 0. The molecule has 3 rings (SSSR count). The van der Waals surface area contributed by atoms with Crippen LogP contribution in [0.25, 0.3) is 0 Å². The number of anilines is 1. The zero-order valence-electron chi connectivity index (χ0n) is 19.3. The van der Waals surface area contributed by atoms with Crippen molar-refractivity contribution in [2.75, 3.05) is 4.90 Å². The Morgan fingerprint density at radius 1 is 0.553 bits per heavy atom. The minimum absolute atomic E-state index is 0.150. The van der Waals surface area contributed by atoms with Crippen LogP contribution in [0.1, 0.15) is 16.7 Å². The first-order valence-corrected chi connectivity index (χ1v) is 16.0. The Bertz CT molecular complexity index is 1700. The summed E-state index contributed by atoms with van der Waals surface area (Å²) >= 11 is 0. The van der Waals surface area contributed by atoms with E-state index in [1.807, 2.05) is 0 Å². The molecule has 0 atom stereocenters. The van der Waals surface area contributed by atoms with Crippen LogP contribution in [-0.2, 0) is 53.6 Å². The molecule has 0 fully saturated rings. The lowest BCUT2D eigenvalue weighted by Crippen LogP contribution is -2.25. The third-order valence-electron chi connectivity index (χ3n) is 5.35. The lowest BCUT2D eigenvalue weighted by atomic mass is 10.1. The molecule has 0 saturated carbocycles. The van der Waals surface area contributed by atoms with Gasteiger partial charge < -0.3 is 4.90 Å². The molecule has 0 amide bonds. The van der Waals surface area contributed by atoms with Crippen LogP contribution in [0.5, 0.6) is 0 Å². The molecule has 38 heavy (non-hydrogen) atoms. The van der Waals surface area contributed by atoms with Crippen molar-refractivity contribution in [1.29, 1.82) is 0 Å². The van der Waals surface area contributed by atoms with E-state index in [0.29, 0.717) is 17.8 Å². The van der Waals surface area contributed by atoms with Gasteiger partial charge in [-0.05, 0) is 54.4 Å². The summed E-state index contributed by atoms with van der Waals surface area (Å²) in [4.78, 5) is -1.90. The van der Waals surface area contributed by atoms with E-state index in [1.54, 1.807) is 31.2 Å². The molecule has 0 heterocycles. The number of benzene rings is 3. The minimum atomic E-state index is -5.01. The Balaban J connectivity index is 2.20. The van der Waals surface area contributed by atoms with Gasteiger partial charge in [-0.25, -0.2) is 0 Å². The summed E-state index contributed by atoms with van der Waals surface area (Å²) < 4.78 is 132. The Hall–Kier alpha value is -2.90. The molecule has 0 spiro atoms. The van der Waals surface area contributed by atoms with E-state index in [1.165, 1.54) is 4.90 Å². The standard InChI is InChI=1S/C21H21NO12S4/c1-14-2-6-17(7-3-14)22(12-15-4-8-18(35(23,24)25)10-20(15)37(29,30)31)13-16-5-9-19(36(26,27)28)11-21(16)38(32,33)34/h2-11H,12-13H2,1H3,(H,23,24,25)(H,26,27,28)(H,29,30,31)(H,32,33,34). The first kappa shape index (κ1) is 29.7. The number of hydrogen-bond donors (Lipinski definition) is 4. The zero-order chi connectivity index (χ0) is 28.7. The maximum Gasteiger partial charge on any atom is 0.294 e. The van der Waals surface area contributed by atoms with E-state index >= 15 is 0 Å². The van der Waals surface area contributed by atoms with Crippen LogP contribution in [-0.4, -0.2) is 51.9 Å². The van der Waals surface area contributed by atoms with Gasteiger partial charge >= 0.3 is 0 Å². The predicted octanol–water partition coefficient (Wildman–Crippen LogP) is 2.19. The highest BCUT2D eigenvalue weighted by atomic mass is 32.2. The highest BCUT2D eigenvalue weighted by molar-refractivity contribution is 7.87. The molecule has 206 valence electrons. The van der Waals surface area contributed by atoms with E-state index in [0.717, 1.165) is 29.8 Å². The fourth-order valence-electron chi connectivity index (χ4n) is 3.54. The van der Waals surface area contributed by atoms with Gasteiger partial charge in [-0.1, -0.05) is 29.8 Å². The molecular formula is C21H21NO12S4. The van der Waals surface area contributed by atoms with Crippen molar-refractivity contribution in [1.82, 2.24) is 0 Å². The number of hydrogen-bond acceptors (Lipinski definition) is 9. The largest absolute Gasteiger partial charge is 0.363 e. The van der Waals surface area contributed by atoms with Crippen molar-refractivity contribution in [3.63, 3.8) is 0 Å². The molecule has 0 aromatic heterocycles. The van der Waals surface area contributed by atoms with Crippen LogP contribution in [0.2, 0.25) is 0 Å². The van der Waals surface area contributed by atoms with Gasteiger partial charge in [0.25, 0.3) is 40.5 Å². The maximum absolute atomic E-state index is 12.0. The summed E-state index contributed by atoms with van der Waals surface area (Å²) in [6.45, 7) is 1.02. The van der Waals surface area contributed by atoms with E-state index in [2.05, 4.69) is 0 Å². The molecule has 3 aromatic rings. The second-order valence-electron chi connectivity index (χ2n) is 8.13. The molecule has 17 heteroatoms. The lowest BCUT2D eigenvalue weighted by Gasteiger charge is -2.27. The molecule has 0 saturated heterocycles. The summed E-state index contributed by atoms with van der Waals surface area (Å²) in [7, 11) is -19.7. The zero-order valence-corrected chi connectivity index (χ0v) is 22.6. The number of rotatable bonds is 9. The molecule has 0 bridgehead atoms. The summed E-state index contributed by atoms with van der Waals surface area (Å²) in [5.74, 6) is 0. The Kier molecular flexibility index (Phi) is 8.07. The average molecular weight is 608 g/mol. The van der Waals surface area contributed by atoms with Gasteiger partial charge in [0.15, 0.2) is 0 Å². The second-order valence-corrected chi connectivity index (χ2v) is 13.8. The van der Waals surface area contributed by atoms with Gasteiger partial charge in [-0.3, -0.25) is 18.2 Å². The average Bonchev–Trinajstić information content (AvgIpc) is 2.76. The van der Waals surface area contributed by atoms with E-state index < -0.39 is 60.1 Å². The lowest BCUT2D eigenvalue weighted by molar-refractivity contribution is 0.476. The van der Waals surface area contributed by atoms with Gasteiger partial charge in [-0.15, -0.1) is 0 Å². The van der Waals surface area contributed by atoms with Crippen LogP contribution >= 0.6 is 0 Å². The number of nitrogens with zero attached hydrogens (tertiary/aromatic N) is 1. The highest BCUT2D eigenvalue weighted by Gasteiger charge is 2.25. The molecule has 0 aliphatic carbocycles. The Morgan fingerprint density at radius 2 is 0.921 bits per heavy atom. The first-order valence-electron chi connectivity index (χ1n) is 10.2. The van der Waals surface area contributed by atoms with Crippen molar-refractivity contribution in [2.24, 2.45) is 0 Å². The predicted molar refractivity (Wildman–Crippen MR) is 133 cm³/mol. The fourth-order valence-corrected chi connectivity index (χ4v) is 6.18. The molecule has 0 aliphatic heterocycles. The van der Waals surface area contributed by atoms with Gasteiger partial charge in [0.05, 0.1) is 9.79 Å². The van der Waals surface area contributed by atoms with Crippen LogP contribution in [0.15, 0.2) is 80.2 Å². The SMILES string of the molecule is Cc1ccc(N(Cc2ccc(S(=O)(=O)O)cc2S(=O)(=O)O)Cc2ccc(S(=O)(=O)O)cc2S(=O)(=O)O)cc1. The summed E-state index contributed by atoms with van der Waals surface area (Å²) in [6, 6.07) is 11.5. The third kappa shape index (κ3) is 7.14. The van der Waals surface area contributed by atoms with E-state index in [4.69, 9.17) is 0 Å². The van der Waals surface area contributed by atoms with Crippen molar-refractivity contribution < 1.29 is 51.9 Å².